The van der Waals surface area contributed by atoms with E-state index in [2.05, 4.69) is 19.9 Å². The quantitative estimate of drug-likeness (QED) is 0.720. The first-order valence-electron chi connectivity index (χ1n) is 10.7. The highest BCUT2D eigenvalue weighted by molar-refractivity contribution is 7.92. The molecule has 0 aromatic heterocycles. The van der Waals surface area contributed by atoms with E-state index in [1.807, 2.05) is 0 Å². The summed E-state index contributed by atoms with van der Waals surface area (Å²) in [6, 6.07) is 0. The molecular weight excluding hydrogens is 360 g/mol. The maximum Gasteiger partial charge on any atom is 0.164 e. The lowest BCUT2D eigenvalue weighted by Gasteiger charge is -2.44. The molecule has 1 unspecified atom stereocenters. The van der Waals surface area contributed by atoms with E-state index in [-0.39, 0.29) is 17.8 Å². The molecule has 1 heterocycles. The van der Waals surface area contributed by atoms with Crippen LogP contribution in [0.4, 0.5) is 0 Å². The molecule has 0 radical (unpaired) electrons. The van der Waals surface area contributed by atoms with E-state index in [0.29, 0.717) is 30.6 Å². The molecule has 0 aromatic rings. The van der Waals surface area contributed by atoms with Crippen LogP contribution in [-0.2, 0) is 9.84 Å². The Morgan fingerprint density at radius 1 is 1.26 bits per heavy atom. The van der Waals surface area contributed by atoms with Crippen molar-refractivity contribution < 1.29 is 18.6 Å². The fraction of sp³-hybridized carbons (Fsp3) is 0.818. The van der Waals surface area contributed by atoms with E-state index in [0.717, 1.165) is 43.3 Å². The minimum atomic E-state index is -3.18. The third-order valence-electron chi connectivity index (χ3n) is 8.17. The fourth-order valence-electron chi connectivity index (χ4n) is 6.77. The van der Waals surface area contributed by atoms with Gasteiger partial charge in [0.05, 0.1) is 11.9 Å². The maximum atomic E-state index is 12.9. The van der Waals surface area contributed by atoms with Crippen molar-refractivity contribution in [3.05, 3.63) is 22.8 Å². The SMILES string of the molecule is C[C@H](CO)[C@H]1CC[C@H]2/C(=C/C3C4=C(CC[C@H](O)C4)CS3(=O)=O)CCC[C@]12C. The summed E-state index contributed by atoms with van der Waals surface area (Å²) in [7, 11) is -3.18. The first-order chi connectivity index (χ1) is 12.8. The molecule has 0 saturated heterocycles. The van der Waals surface area contributed by atoms with Crippen molar-refractivity contribution in [3.8, 4) is 0 Å². The Hall–Kier alpha value is -0.650. The molecule has 3 aliphatic carbocycles. The molecule has 4 aliphatic rings. The second-order valence-electron chi connectivity index (χ2n) is 9.75. The molecule has 152 valence electrons. The molecule has 2 N–H and O–H groups in total. The predicted octanol–water partition coefficient (Wildman–Crippen LogP) is 3.40. The van der Waals surface area contributed by atoms with Gasteiger partial charge >= 0.3 is 0 Å². The van der Waals surface area contributed by atoms with Crippen molar-refractivity contribution in [3.63, 3.8) is 0 Å². The first kappa shape index (κ1) is 19.7. The highest BCUT2D eigenvalue weighted by atomic mass is 32.2. The van der Waals surface area contributed by atoms with E-state index in [1.54, 1.807) is 0 Å². The minimum absolute atomic E-state index is 0.178. The Kier molecular flexibility index (Phi) is 5.09. The molecule has 27 heavy (non-hydrogen) atoms. The summed E-state index contributed by atoms with van der Waals surface area (Å²) in [6.45, 7) is 4.75. The minimum Gasteiger partial charge on any atom is -0.396 e. The maximum absolute atomic E-state index is 12.9. The lowest BCUT2D eigenvalue weighted by Crippen LogP contribution is -2.37. The lowest BCUT2D eigenvalue weighted by atomic mass is 9.61. The van der Waals surface area contributed by atoms with Gasteiger partial charge in [0.25, 0.3) is 0 Å². The number of hydrogen-bond donors (Lipinski definition) is 2. The molecule has 4 rings (SSSR count). The molecule has 6 atom stereocenters. The van der Waals surface area contributed by atoms with Crippen LogP contribution in [0.3, 0.4) is 0 Å². The van der Waals surface area contributed by atoms with E-state index in [9.17, 15) is 18.6 Å². The Bertz CT molecular complexity index is 765. The number of allylic oxidation sites excluding steroid dienone is 1. The number of aliphatic hydroxyl groups is 2. The zero-order valence-corrected chi connectivity index (χ0v) is 17.5. The largest absolute Gasteiger partial charge is 0.396 e. The van der Waals surface area contributed by atoms with Crippen LogP contribution in [0.5, 0.6) is 0 Å². The van der Waals surface area contributed by atoms with Crippen LogP contribution >= 0.6 is 0 Å². The Morgan fingerprint density at radius 3 is 2.78 bits per heavy atom. The number of sulfone groups is 1. The van der Waals surface area contributed by atoms with Gasteiger partial charge in [-0.3, -0.25) is 0 Å². The summed E-state index contributed by atoms with van der Waals surface area (Å²) in [4.78, 5) is 0. The zero-order chi connectivity index (χ0) is 19.4. The number of rotatable bonds is 3. The predicted molar refractivity (Wildman–Crippen MR) is 107 cm³/mol. The molecule has 4 nitrogen and oxygen atoms in total. The molecule has 2 saturated carbocycles. The molecule has 5 heteroatoms. The van der Waals surface area contributed by atoms with Gasteiger partial charge in [0.15, 0.2) is 9.84 Å². The molecule has 2 fully saturated rings. The summed E-state index contributed by atoms with van der Waals surface area (Å²) < 4.78 is 25.8. The standard InChI is InChI=1S/C22H34O4S/c1-14(12-23)19-7-8-20-15(4-3-9-22(19,20)2)10-21-18-11-17(24)6-5-16(18)13-27(21,25)26/h10,14,17,19-21,23-24H,3-9,11-13H2,1-2H3/b15-10+/t14-,17+,19-,20+,21?,22-/m1/s1. The topological polar surface area (TPSA) is 74.6 Å². The van der Waals surface area contributed by atoms with Gasteiger partial charge in [-0.25, -0.2) is 8.42 Å². The van der Waals surface area contributed by atoms with Crippen molar-refractivity contribution in [2.75, 3.05) is 12.4 Å². The van der Waals surface area contributed by atoms with Crippen molar-refractivity contribution in [1.29, 1.82) is 0 Å². The Labute approximate surface area is 163 Å². The van der Waals surface area contributed by atoms with Crippen LogP contribution in [0, 0.1) is 23.2 Å². The highest BCUT2D eigenvalue weighted by Crippen LogP contribution is 2.59. The van der Waals surface area contributed by atoms with Gasteiger partial charge < -0.3 is 10.2 Å². The number of fused-ring (bicyclic) bond motifs is 1. The molecule has 0 spiro atoms. The lowest BCUT2D eigenvalue weighted by molar-refractivity contribution is 0.0688. The average Bonchev–Trinajstić information content (AvgIpc) is 3.09. The first-order valence-corrected chi connectivity index (χ1v) is 12.4. The van der Waals surface area contributed by atoms with Crippen LogP contribution in [0.25, 0.3) is 0 Å². The molecular formula is C22H34O4S. The third kappa shape index (κ3) is 3.24. The summed E-state index contributed by atoms with van der Waals surface area (Å²) in [5.41, 5.74) is 3.57. The smallest absolute Gasteiger partial charge is 0.164 e. The molecule has 0 aromatic carbocycles. The van der Waals surface area contributed by atoms with Crippen molar-refractivity contribution in [1.82, 2.24) is 0 Å². The molecule has 0 bridgehead atoms. The van der Waals surface area contributed by atoms with Gasteiger partial charge in [-0.2, -0.15) is 0 Å². The van der Waals surface area contributed by atoms with Crippen LogP contribution in [0.15, 0.2) is 22.8 Å². The van der Waals surface area contributed by atoms with Crippen LogP contribution < -0.4 is 0 Å². The second kappa shape index (κ2) is 7.00. The summed E-state index contributed by atoms with van der Waals surface area (Å²) in [5.74, 6) is 1.45. The van der Waals surface area contributed by atoms with Crippen molar-refractivity contribution in [2.24, 2.45) is 23.2 Å². The summed E-state index contributed by atoms with van der Waals surface area (Å²) in [6.07, 6.45) is 9.16. The Morgan fingerprint density at radius 2 is 2.04 bits per heavy atom. The fourth-order valence-corrected chi connectivity index (χ4v) is 8.85. The van der Waals surface area contributed by atoms with Gasteiger partial charge in [0.1, 0.15) is 5.25 Å². The summed E-state index contributed by atoms with van der Waals surface area (Å²) in [5, 5.41) is 19.3. The highest BCUT2D eigenvalue weighted by Gasteiger charge is 2.51. The second-order valence-corrected chi connectivity index (χ2v) is 11.9. The van der Waals surface area contributed by atoms with Gasteiger partial charge in [0.2, 0.25) is 0 Å². The van der Waals surface area contributed by atoms with Crippen LogP contribution in [0.1, 0.15) is 65.2 Å². The third-order valence-corrected chi connectivity index (χ3v) is 10.1. The van der Waals surface area contributed by atoms with E-state index >= 15 is 0 Å². The van der Waals surface area contributed by atoms with Crippen molar-refractivity contribution in [2.45, 2.75) is 76.6 Å². The van der Waals surface area contributed by atoms with Gasteiger partial charge in [0, 0.05) is 6.61 Å². The van der Waals surface area contributed by atoms with Crippen LogP contribution in [0.2, 0.25) is 0 Å². The average molecular weight is 395 g/mol. The van der Waals surface area contributed by atoms with Gasteiger partial charge in [-0.05, 0) is 80.1 Å². The van der Waals surface area contributed by atoms with E-state index in [1.165, 1.54) is 12.0 Å². The Balaban J connectivity index is 1.67. The van der Waals surface area contributed by atoms with E-state index in [4.69, 9.17) is 0 Å². The zero-order valence-electron chi connectivity index (χ0n) is 16.7. The van der Waals surface area contributed by atoms with Gasteiger partial charge in [-0.1, -0.05) is 31.1 Å². The molecule has 0 amide bonds. The van der Waals surface area contributed by atoms with Gasteiger partial charge in [-0.15, -0.1) is 0 Å². The number of aliphatic hydroxyl groups excluding tert-OH is 2. The van der Waals surface area contributed by atoms with Crippen molar-refractivity contribution >= 4 is 9.84 Å². The normalized spacial score (nSPS) is 43.6. The number of hydrogen-bond acceptors (Lipinski definition) is 4. The summed E-state index contributed by atoms with van der Waals surface area (Å²) >= 11 is 0. The molecule has 1 aliphatic heterocycles. The monoisotopic (exact) mass is 394 g/mol. The van der Waals surface area contributed by atoms with E-state index < -0.39 is 21.2 Å². The van der Waals surface area contributed by atoms with Crippen LogP contribution in [-0.4, -0.2) is 42.3 Å².